The number of hydrogen-bond acceptors (Lipinski definition) is 2. The summed E-state index contributed by atoms with van der Waals surface area (Å²) in [4.78, 5) is 4.87. The fourth-order valence-electron chi connectivity index (χ4n) is 3.74. The summed E-state index contributed by atoms with van der Waals surface area (Å²) in [6, 6.07) is 37.1. The fourth-order valence-corrected chi connectivity index (χ4v) is 3.74. The molecule has 0 spiro atoms. The second-order valence-corrected chi connectivity index (χ2v) is 7.89. The summed E-state index contributed by atoms with van der Waals surface area (Å²) in [5.41, 5.74) is 13.6. The maximum atomic E-state index is 6.13. The lowest BCUT2D eigenvalue weighted by Crippen LogP contribution is -2.00. The average Bonchev–Trinajstić information content (AvgIpc) is 3.25. The van der Waals surface area contributed by atoms with Crippen LogP contribution in [0, 0.1) is 6.92 Å². The van der Waals surface area contributed by atoms with Crippen LogP contribution in [0.15, 0.2) is 115 Å². The van der Waals surface area contributed by atoms with Crippen LogP contribution in [-0.2, 0) is 0 Å². The molecule has 3 nitrogen and oxygen atoms in total. The van der Waals surface area contributed by atoms with Gasteiger partial charge in [-0.25, -0.2) is 4.98 Å². The van der Waals surface area contributed by atoms with E-state index in [9.17, 15) is 0 Å². The number of fused-ring (bicyclic) bond motifs is 1. The summed E-state index contributed by atoms with van der Waals surface area (Å²) in [5.74, 6) is 0.941. The number of benzene rings is 4. The number of nitrogens with two attached hydrogens (primary N) is 1. The number of aromatic nitrogens is 2. The average molecular weight is 432 g/mol. The van der Waals surface area contributed by atoms with E-state index in [1.54, 1.807) is 0 Å². The quantitative estimate of drug-likeness (QED) is 0.322. The third-order valence-electron chi connectivity index (χ3n) is 5.42. The van der Waals surface area contributed by atoms with Crippen molar-refractivity contribution in [2.45, 2.75) is 20.3 Å². The molecule has 0 saturated heterocycles. The first-order valence-corrected chi connectivity index (χ1v) is 11.3. The molecule has 1 heterocycles. The van der Waals surface area contributed by atoms with E-state index in [1.807, 2.05) is 54.6 Å². The topological polar surface area (TPSA) is 43.8 Å². The number of rotatable bonds is 4. The number of hydrogen-bond donors (Lipinski definition) is 1. The summed E-state index contributed by atoms with van der Waals surface area (Å²) >= 11 is 0. The van der Waals surface area contributed by atoms with Gasteiger partial charge in [0.2, 0.25) is 0 Å². The van der Waals surface area contributed by atoms with Crippen molar-refractivity contribution in [1.82, 2.24) is 9.55 Å². The molecule has 0 saturated carbocycles. The fraction of sp³-hybridized carbons (Fsp3) is 0.100. The van der Waals surface area contributed by atoms with E-state index in [0.717, 1.165) is 45.8 Å². The SMILES string of the molecule is CC/C=C(\N)c1ccc(-n2c(-c3ccccc3)nc3ccccc32)cc1.Cc1ccccc1. The van der Waals surface area contributed by atoms with Crippen LogP contribution in [0.4, 0.5) is 0 Å². The number of nitrogens with zero attached hydrogens (tertiary/aromatic N) is 2. The predicted molar refractivity (Wildman–Crippen MR) is 140 cm³/mol. The molecule has 5 rings (SSSR count). The molecule has 2 N–H and O–H groups in total. The first-order chi connectivity index (χ1) is 16.2. The molecule has 0 unspecified atom stereocenters. The highest BCUT2D eigenvalue weighted by Gasteiger charge is 2.13. The molecule has 33 heavy (non-hydrogen) atoms. The van der Waals surface area contributed by atoms with Crippen molar-refractivity contribution in [1.29, 1.82) is 0 Å². The van der Waals surface area contributed by atoms with Gasteiger partial charge in [0.1, 0.15) is 5.82 Å². The normalized spacial score (nSPS) is 11.2. The molecule has 0 radical (unpaired) electrons. The highest BCUT2D eigenvalue weighted by atomic mass is 15.1. The lowest BCUT2D eigenvalue weighted by Gasteiger charge is -2.11. The molecule has 0 amide bonds. The molecule has 0 aliphatic carbocycles. The van der Waals surface area contributed by atoms with Crippen LogP contribution >= 0.6 is 0 Å². The van der Waals surface area contributed by atoms with Gasteiger partial charge in [-0.15, -0.1) is 0 Å². The Morgan fingerprint density at radius 2 is 1.39 bits per heavy atom. The second-order valence-electron chi connectivity index (χ2n) is 7.89. The molecule has 5 aromatic rings. The van der Waals surface area contributed by atoms with Gasteiger partial charge in [0.15, 0.2) is 0 Å². The van der Waals surface area contributed by atoms with Crippen LogP contribution in [0.3, 0.4) is 0 Å². The number of allylic oxidation sites excluding steroid dienone is 1. The lowest BCUT2D eigenvalue weighted by molar-refractivity contribution is 1.10. The third kappa shape index (κ3) is 5.21. The van der Waals surface area contributed by atoms with Gasteiger partial charge in [0.05, 0.1) is 11.0 Å². The van der Waals surface area contributed by atoms with Crippen LogP contribution in [0.2, 0.25) is 0 Å². The number of para-hydroxylation sites is 2. The van der Waals surface area contributed by atoms with Gasteiger partial charge in [-0.2, -0.15) is 0 Å². The van der Waals surface area contributed by atoms with Gasteiger partial charge in [0.25, 0.3) is 0 Å². The van der Waals surface area contributed by atoms with Crippen LogP contribution in [0.25, 0.3) is 33.8 Å². The molecule has 3 heteroatoms. The Balaban J connectivity index is 0.000000318. The maximum Gasteiger partial charge on any atom is 0.145 e. The molecule has 0 atom stereocenters. The van der Waals surface area contributed by atoms with Crippen LogP contribution in [0.1, 0.15) is 24.5 Å². The van der Waals surface area contributed by atoms with Gasteiger partial charge in [-0.3, -0.25) is 4.57 Å². The summed E-state index contributed by atoms with van der Waals surface area (Å²) < 4.78 is 2.20. The molecule has 0 bridgehead atoms. The largest absolute Gasteiger partial charge is 0.399 e. The van der Waals surface area contributed by atoms with Crippen molar-refractivity contribution in [3.05, 3.63) is 126 Å². The zero-order chi connectivity index (χ0) is 23.0. The Morgan fingerprint density at radius 1 is 0.788 bits per heavy atom. The Hall–Kier alpha value is -4.11. The van der Waals surface area contributed by atoms with Crippen molar-refractivity contribution in [2.75, 3.05) is 0 Å². The zero-order valence-electron chi connectivity index (χ0n) is 19.1. The van der Waals surface area contributed by atoms with Crippen molar-refractivity contribution < 1.29 is 0 Å². The van der Waals surface area contributed by atoms with E-state index in [1.165, 1.54) is 5.56 Å². The summed E-state index contributed by atoms with van der Waals surface area (Å²) in [7, 11) is 0. The minimum atomic E-state index is 0.817. The van der Waals surface area contributed by atoms with E-state index in [0.29, 0.717) is 0 Å². The van der Waals surface area contributed by atoms with E-state index < -0.39 is 0 Å². The molecular weight excluding hydrogens is 402 g/mol. The van der Waals surface area contributed by atoms with Crippen molar-refractivity contribution in [3.63, 3.8) is 0 Å². The first-order valence-electron chi connectivity index (χ1n) is 11.3. The lowest BCUT2D eigenvalue weighted by atomic mass is 10.1. The van der Waals surface area contributed by atoms with E-state index in [2.05, 4.69) is 79.1 Å². The summed E-state index contributed by atoms with van der Waals surface area (Å²) in [6.07, 6.45) is 2.97. The molecule has 1 aromatic heterocycles. The van der Waals surface area contributed by atoms with Gasteiger partial charge in [-0.05, 0) is 43.2 Å². The van der Waals surface area contributed by atoms with E-state index in [-0.39, 0.29) is 0 Å². The van der Waals surface area contributed by atoms with Gasteiger partial charge < -0.3 is 5.73 Å². The van der Waals surface area contributed by atoms with Gasteiger partial charge >= 0.3 is 0 Å². The third-order valence-corrected chi connectivity index (χ3v) is 5.42. The van der Waals surface area contributed by atoms with Crippen molar-refractivity contribution >= 4 is 16.7 Å². The number of imidazole rings is 1. The van der Waals surface area contributed by atoms with Crippen molar-refractivity contribution in [2.24, 2.45) is 5.73 Å². The minimum Gasteiger partial charge on any atom is -0.399 e. The van der Waals surface area contributed by atoms with E-state index in [4.69, 9.17) is 10.7 Å². The highest BCUT2D eigenvalue weighted by molar-refractivity contribution is 5.83. The predicted octanol–water partition coefficient (Wildman–Crippen LogP) is 7.40. The Bertz CT molecular complexity index is 1330. The van der Waals surface area contributed by atoms with Crippen LogP contribution in [-0.4, -0.2) is 9.55 Å². The Morgan fingerprint density at radius 3 is 2.00 bits per heavy atom. The molecule has 0 fully saturated rings. The second kappa shape index (κ2) is 10.5. The standard InChI is InChI=1S/C23H21N3.C7H8/c1-2-8-20(24)17-13-15-19(16-14-17)26-22-12-7-6-11-21(22)25-23(26)18-9-4-3-5-10-18;1-7-5-3-2-4-6-7/h3-16H,2,24H2,1H3;2-6H,1H3/b20-8-;. The Kier molecular flexibility index (Phi) is 7.01. The molecule has 164 valence electrons. The molecule has 4 aromatic carbocycles. The molecular formula is C30H29N3. The maximum absolute atomic E-state index is 6.13. The zero-order valence-corrected chi connectivity index (χ0v) is 19.1. The van der Waals surface area contributed by atoms with Crippen LogP contribution < -0.4 is 5.73 Å². The monoisotopic (exact) mass is 431 g/mol. The first kappa shape index (κ1) is 22.1. The number of aryl methyl sites for hydroxylation is 1. The van der Waals surface area contributed by atoms with Crippen molar-refractivity contribution in [3.8, 4) is 17.1 Å². The van der Waals surface area contributed by atoms with Gasteiger partial charge in [-0.1, -0.05) is 103 Å². The van der Waals surface area contributed by atoms with E-state index >= 15 is 0 Å². The van der Waals surface area contributed by atoms with Gasteiger partial charge in [0, 0.05) is 16.9 Å². The summed E-state index contributed by atoms with van der Waals surface area (Å²) in [6.45, 7) is 4.17. The highest BCUT2D eigenvalue weighted by Crippen LogP contribution is 2.29. The Labute approximate surface area is 195 Å². The molecule has 0 aliphatic rings. The minimum absolute atomic E-state index is 0.817. The smallest absolute Gasteiger partial charge is 0.145 e. The summed E-state index contributed by atoms with van der Waals surface area (Å²) in [5, 5.41) is 0. The molecule has 0 aliphatic heterocycles. The van der Waals surface area contributed by atoms with Crippen LogP contribution in [0.5, 0.6) is 0 Å².